The Morgan fingerprint density at radius 3 is 2.27 bits per heavy atom. The van der Waals surface area contributed by atoms with E-state index in [1.807, 2.05) is 0 Å². The predicted octanol–water partition coefficient (Wildman–Crippen LogP) is 2.76. The number of hydrogen-bond donors (Lipinski definition) is 2. The molecule has 0 aromatic heterocycles. The van der Waals surface area contributed by atoms with Crippen LogP contribution in [0.3, 0.4) is 0 Å². The molecule has 1 amide bonds. The van der Waals surface area contributed by atoms with Gasteiger partial charge in [0, 0.05) is 26.7 Å². The molecule has 26 heavy (non-hydrogen) atoms. The lowest BCUT2D eigenvalue weighted by Gasteiger charge is -2.19. The van der Waals surface area contributed by atoms with Gasteiger partial charge in [-0.1, -0.05) is 37.1 Å². The molecule has 0 spiro atoms. The fourth-order valence-corrected chi connectivity index (χ4v) is 2.95. The second kappa shape index (κ2) is 15.2. The maximum atomic E-state index is 11.7. The Morgan fingerprint density at radius 2 is 1.65 bits per heavy atom. The highest BCUT2D eigenvalue weighted by Crippen LogP contribution is 2.13. The summed E-state index contributed by atoms with van der Waals surface area (Å²) in [6, 6.07) is 8.60. The highest BCUT2D eigenvalue weighted by atomic mass is 35.5. The average Bonchev–Trinajstić information content (AvgIpc) is 2.87. The Hall–Kier alpha value is -0.850. The molecule has 1 aliphatic heterocycles. The zero-order valence-electron chi connectivity index (χ0n) is 15.7. The number of carbonyl (C=O) groups is 1. The molecule has 5 nitrogen and oxygen atoms in total. The van der Waals surface area contributed by atoms with Crippen LogP contribution in [-0.4, -0.2) is 50.7 Å². The molecule has 2 rings (SSSR count). The first kappa shape index (κ1) is 25.1. The average molecular weight is 406 g/mol. The minimum atomic E-state index is 0. The third-order valence-electron chi connectivity index (χ3n) is 4.39. The number of hydrogen-bond acceptors (Lipinski definition) is 4. The molecule has 1 aromatic carbocycles. The molecule has 0 saturated carbocycles. The normalized spacial score (nSPS) is 14.7. The number of nitrogens with zero attached hydrogens (tertiary/aromatic N) is 1. The van der Waals surface area contributed by atoms with Crippen molar-refractivity contribution in [2.24, 2.45) is 0 Å². The Bertz CT molecular complexity index is 478. The van der Waals surface area contributed by atoms with Gasteiger partial charge in [0.2, 0.25) is 5.91 Å². The van der Waals surface area contributed by atoms with Gasteiger partial charge in [0.15, 0.2) is 0 Å². The standard InChI is InChI=1S/C19H31N3O2.2ClH/c1-24-13-10-20-15-19(23)21-14-17-6-8-18(9-7-17)16-22-11-4-2-3-5-12-22;;/h6-9,20H,2-5,10-16H2,1H3,(H,21,23);2*1H. The lowest BCUT2D eigenvalue weighted by molar-refractivity contribution is -0.120. The molecule has 0 atom stereocenters. The highest BCUT2D eigenvalue weighted by molar-refractivity contribution is 5.85. The Kier molecular flexibility index (Phi) is 14.7. The van der Waals surface area contributed by atoms with Gasteiger partial charge < -0.3 is 15.4 Å². The van der Waals surface area contributed by atoms with Crippen molar-refractivity contribution in [2.45, 2.75) is 38.8 Å². The lowest BCUT2D eigenvalue weighted by Crippen LogP contribution is -2.34. The van der Waals surface area contributed by atoms with Crippen LogP contribution in [0.15, 0.2) is 24.3 Å². The zero-order valence-corrected chi connectivity index (χ0v) is 17.3. The lowest BCUT2D eigenvalue weighted by atomic mass is 10.1. The van der Waals surface area contributed by atoms with E-state index >= 15 is 0 Å². The summed E-state index contributed by atoms with van der Waals surface area (Å²) in [5.74, 6) is 0.0137. The summed E-state index contributed by atoms with van der Waals surface area (Å²) in [4.78, 5) is 14.3. The van der Waals surface area contributed by atoms with Crippen LogP contribution in [0.4, 0.5) is 0 Å². The van der Waals surface area contributed by atoms with E-state index in [0.717, 1.165) is 12.1 Å². The second-order valence-electron chi connectivity index (χ2n) is 6.45. The van der Waals surface area contributed by atoms with Gasteiger partial charge in [-0.05, 0) is 37.1 Å². The smallest absolute Gasteiger partial charge is 0.234 e. The van der Waals surface area contributed by atoms with Crippen molar-refractivity contribution in [3.05, 3.63) is 35.4 Å². The molecular weight excluding hydrogens is 373 g/mol. The predicted molar refractivity (Wildman–Crippen MR) is 111 cm³/mol. The molecule has 150 valence electrons. The number of rotatable bonds is 9. The molecule has 0 bridgehead atoms. The zero-order chi connectivity index (χ0) is 17.0. The van der Waals surface area contributed by atoms with Crippen LogP contribution in [0.1, 0.15) is 36.8 Å². The van der Waals surface area contributed by atoms with Crippen LogP contribution in [0.5, 0.6) is 0 Å². The van der Waals surface area contributed by atoms with E-state index < -0.39 is 0 Å². The summed E-state index contributed by atoms with van der Waals surface area (Å²) >= 11 is 0. The van der Waals surface area contributed by atoms with Gasteiger partial charge in [0.05, 0.1) is 13.2 Å². The van der Waals surface area contributed by atoms with Crippen molar-refractivity contribution in [3.8, 4) is 0 Å². The molecule has 2 N–H and O–H groups in total. The van der Waals surface area contributed by atoms with E-state index in [4.69, 9.17) is 4.74 Å². The molecule has 0 unspecified atom stereocenters. The molecule has 1 aromatic rings. The molecule has 1 saturated heterocycles. The van der Waals surface area contributed by atoms with Crippen molar-refractivity contribution in [3.63, 3.8) is 0 Å². The van der Waals surface area contributed by atoms with Crippen molar-refractivity contribution < 1.29 is 9.53 Å². The number of benzene rings is 1. The van der Waals surface area contributed by atoms with Crippen LogP contribution >= 0.6 is 24.8 Å². The first-order chi connectivity index (χ1) is 11.8. The molecule has 1 heterocycles. The first-order valence-electron chi connectivity index (χ1n) is 9.04. The fraction of sp³-hybridized carbons (Fsp3) is 0.632. The Labute approximate surface area is 170 Å². The SMILES string of the molecule is COCCNCC(=O)NCc1ccc(CN2CCCCCC2)cc1.Cl.Cl. The summed E-state index contributed by atoms with van der Waals surface area (Å²) in [6.07, 6.45) is 5.38. The quantitative estimate of drug-likeness (QED) is 0.620. The van der Waals surface area contributed by atoms with Gasteiger partial charge >= 0.3 is 0 Å². The number of amides is 1. The number of carbonyl (C=O) groups excluding carboxylic acids is 1. The van der Waals surface area contributed by atoms with Crippen LogP contribution in [0, 0.1) is 0 Å². The number of ether oxygens (including phenoxy) is 1. The van der Waals surface area contributed by atoms with E-state index in [2.05, 4.69) is 39.8 Å². The maximum Gasteiger partial charge on any atom is 0.234 e. The molecule has 1 aliphatic rings. The Balaban J connectivity index is 0.00000312. The van der Waals surface area contributed by atoms with Crippen molar-refractivity contribution in [1.29, 1.82) is 0 Å². The summed E-state index contributed by atoms with van der Waals surface area (Å²) in [5, 5.41) is 5.97. The van der Waals surface area contributed by atoms with Crippen LogP contribution in [0.25, 0.3) is 0 Å². The third kappa shape index (κ3) is 10.3. The summed E-state index contributed by atoms with van der Waals surface area (Å²) < 4.78 is 4.93. The number of methoxy groups -OCH3 is 1. The highest BCUT2D eigenvalue weighted by Gasteiger charge is 2.09. The van der Waals surface area contributed by atoms with Gasteiger partial charge in [-0.2, -0.15) is 0 Å². The van der Waals surface area contributed by atoms with Crippen LogP contribution in [0.2, 0.25) is 0 Å². The van der Waals surface area contributed by atoms with E-state index in [-0.39, 0.29) is 30.7 Å². The number of likely N-dealkylation sites (tertiary alicyclic amines) is 1. The van der Waals surface area contributed by atoms with Crippen LogP contribution < -0.4 is 10.6 Å². The van der Waals surface area contributed by atoms with Crippen LogP contribution in [-0.2, 0) is 22.6 Å². The van der Waals surface area contributed by atoms with E-state index in [1.54, 1.807) is 7.11 Å². The molecule has 1 fully saturated rings. The van der Waals surface area contributed by atoms with Crippen molar-refractivity contribution in [1.82, 2.24) is 15.5 Å². The topological polar surface area (TPSA) is 53.6 Å². The van der Waals surface area contributed by atoms with E-state index in [1.165, 1.54) is 44.3 Å². The van der Waals surface area contributed by atoms with Gasteiger partial charge in [-0.3, -0.25) is 9.69 Å². The number of halogens is 2. The summed E-state index contributed by atoms with van der Waals surface area (Å²) in [7, 11) is 1.65. The number of nitrogens with one attached hydrogen (secondary N) is 2. The van der Waals surface area contributed by atoms with E-state index in [0.29, 0.717) is 26.2 Å². The second-order valence-corrected chi connectivity index (χ2v) is 6.45. The largest absolute Gasteiger partial charge is 0.383 e. The van der Waals surface area contributed by atoms with Crippen molar-refractivity contribution in [2.75, 3.05) is 39.9 Å². The van der Waals surface area contributed by atoms with E-state index in [9.17, 15) is 4.79 Å². The summed E-state index contributed by atoms with van der Waals surface area (Å²) in [6.45, 7) is 5.68. The van der Waals surface area contributed by atoms with Gasteiger partial charge in [0.25, 0.3) is 0 Å². The monoisotopic (exact) mass is 405 g/mol. The van der Waals surface area contributed by atoms with Gasteiger partial charge in [-0.25, -0.2) is 0 Å². The molecule has 7 heteroatoms. The molecule has 0 radical (unpaired) electrons. The van der Waals surface area contributed by atoms with Crippen molar-refractivity contribution >= 4 is 30.7 Å². The van der Waals surface area contributed by atoms with Gasteiger partial charge in [0.1, 0.15) is 0 Å². The minimum absolute atomic E-state index is 0. The fourth-order valence-electron chi connectivity index (χ4n) is 2.95. The molecule has 0 aliphatic carbocycles. The minimum Gasteiger partial charge on any atom is -0.383 e. The Morgan fingerprint density at radius 1 is 1.04 bits per heavy atom. The maximum absolute atomic E-state index is 11.7. The van der Waals surface area contributed by atoms with Gasteiger partial charge in [-0.15, -0.1) is 24.8 Å². The first-order valence-corrected chi connectivity index (χ1v) is 9.04. The molecular formula is C19H33Cl2N3O2. The third-order valence-corrected chi connectivity index (χ3v) is 4.39. The summed E-state index contributed by atoms with van der Waals surface area (Å²) in [5.41, 5.74) is 2.49.